The standard InChI is InChI=1S/C23H27NO4/c1-13-7-8-19(10-15(13)3)23(27)24-12-21(25)28-18(6)22(26)20-11-16(4)14(2)9-17(20)5/h7-11,18H,12H2,1-6H3,(H,24,27)/t18-/m0/s1. The molecule has 1 atom stereocenters. The van der Waals surface area contributed by atoms with Gasteiger partial charge >= 0.3 is 5.97 Å². The molecule has 0 heterocycles. The topological polar surface area (TPSA) is 72.5 Å². The first kappa shape index (κ1) is 21.4. The number of benzene rings is 2. The van der Waals surface area contributed by atoms with Crippen LogP contribution in [0, 0.1) is 34.6 Å². The van der Waals surface area contributed by atoms with Gasteiger partial charge in [0.05, 0.1) is 0 Å². The maximum Gasteiger partial charge on any atom is 0.326 e. The van der Waals surface area contributed by atoms with E-state index in [1.165, 1.54) is 0 Å². The predicted molar refractivity (Wildman–Crippen MR) is 109 cm³/mol. The normalized spacial score (nSPS) is 11.6. The summed E-state index contributed by atoms with van der Waals surface area (Å²) in [5.41, 5.74) is 6.07. The van der Waals surface area contributed by atoms with Gasteiger partial charge < -0.3 is 10.1 Å². The van der Waals surface area contributed by atoms with Gasteiger partial charge in [-0.2, -0.15) is 0 Å². The molecular weight excluding hydrogens is 354 g/mol. The Morgan fingerprint density at radius 2 is 1.46 bits per heavy atom. The van der Waals surface area contributed by atoms with Crippen molar-refractivity contribution in [3.8, 4) is 0 Å². The number of hydrogen-bond donors (Lipinski definition) is 1. The summed E-state index contributed by atoms with van der Waals surface area (Å²) in [6.45, 7) is 10.9. The third-order valence-electron chi connectivity index (χ3n) is 4.95. The fourth-order valence-electron chi connectivity index (χ4n) is 2.87. The second-order valence-corrected chi connectivity index (χ2v) is 7.23. The van der Waals surface area contributed by atoms with Gasteiger partial charge in [0.25, 0.3) is 5.91 Å². The van der Waals surface area contributed by atoms with Gasteiger partial charge in [-0.25, -0.2) is 0 Å². The van der Waals surface area contributed by atoms with Crippen LogP contribution in [0.5, 0.6) is 0 Å². The highest BCUT2D eigenvalue weighted by atomic mass is 16.5. The minimum absolute atomic E-state index is 0.255. The smallest absolute Gasteiger partial charge is 0.326 e. The molecule has 0 radical (unpaired) electrons. The number of carbonyl (C=O) groups is 3. The van der Waals surface area contributed by atoms with Crippen LogP contribution < -0.4 is 5.32 Å². The second-order valence-electron chi connectivity index (χ2n) is 7.23. The summed E-state index contributed by atoms with van der Waals surface area (Å²) in [5.74, 6) is -1.27. The molecule has 0 aliphatic rings. The molecule has 0 bridgehead atoms. The SMILES string of the molecule is Cc1ccc(C(=O)NCC(=O)O[C@@H](C)C(=O)c2cc(C)c(C)cc2C)cc1C. The monoisotopic (exact) mass is 381 g/mol. The molecule has 1 amide bonds. The molecule has 0 spiro atoms. The third kappa shape index (κ3) is 5.06. The van der Waals surface area contributed by atoms with Crippen molar-refractivity contribution in [2.75, 3.05) is 6.54 Å². The van der Waals surface area contributed by atoms with Crippen molar-refractivity contribution in [3.05, 3.63) is 69.3 Å². The van der Waals surface area contributed by atoms with Crippen molar-refractivity contribution in [2.24, 2.45) is 0 Å². The molecule has 5 nitrogen and oxygen atoms in total. The highest BCUT2D eigenvalue weighted by Gasteiger charge is 2.22. The van der Waals surface area contributed by atoms with E-state index in [0.717, 1.165) is 27.8 Å². The highest BCUT2D eigenvalue weighted by Crippen LogP contribution is 2.18. The molecule has 0 fully saturated rings. The lowest BCUT2D eigenvalue weighted by atomic mass is 9.96. The van der Waals surface area contributed by atoms with Crippen LogP contribution in [0.1, 0.15) is 55.5 Å². The Morgan fingerprint density at radius 3 is 2.11 bits per heavy atom. The molecule has 28 heavy (non-hydrogen) atoms. The van der Waals surface area contributed by atoms with Crippen LogP contribution in [0.25, 0.3) is 0 Å². The van der Waals surface area contributed by atoms with E-state index in [1.807, 2.05) is 52.8 Å². The number of ketones is 1. The molecule has 2 aromatic rings. The molecule has 0 aliphatic carbocycles. The van der Waals surface area contributed by atoms with E-state index < -0.39 is 12.1 Å². The van der Waals surface area contributed by atoms with Gasteiger partial charge in [-0.1, -0.05) is 12.1 Å². The van der Waals surface area contributed by atoms with Crippen molar-refractivity contribution in [3.63, 3.8) is 0 Å². The molecule has 5 heteroatoms. The van der Waals surface area contributed by atoms with Gasteiger partial charge in [0.2, 0.25) is 5.78 Å². The van der Waals surface area contributed by atoms with Gasteiger partial charge in [-0.15, -0.1) is 0 Å². The van der Waals surface area contributed by atoms with E-state index in [4.69, 9.17) is 4.74 Å². The molecule has 0 saturated carbocycles. The number of Topliss-reactive ketones (excluding diaryl/α,β-unsaturated/α-hetero) is 1. The summed E-state index contributed by atoms with van der Waals surface area (Å²) in [7, 11) is 0. The number of nitrogens with one attached hydrogen (secondary N) is 1. The third-order valence-corrected chi connectivity index (χ3v) is 4.95. The largest absolute Gasteiger partial charge is 0.453 e. The molecule has 1 N–H and O–H groups in total. The van der Waals surface area contributed by atoms with E-state index in [1.54, 1.807) is 19.1 Å². The molecule has 0 aromatic heterocycles. The summed E-state index contributed by atoms with van der Waals surface area (Å²) in [4.78, 5) is 36.9. The van der Waals surface area contributed by atoms with E-state index >= 15 is 0 Å². The summed E-state index contributed by atoms with van der Waals surface area (Å²) < 4.78 is 5.22. The minimum Gasteiger partial charge on any atom is -0.453 e. The highest BCUT2D eigenvalue weighted by molar-refractivity contribution is 6.02. The Kier molecular flexibility index (Phi) is 6.73. The first-order valence-corrected chi connectivity index (χ1v) is 9.27. The van der Waals surface area contributed by atoms with Crippen LogP contribution in [-0.4, -0.2) is 30.3 Å². The van der Waals surface area contributed by atoms with Crippen molar-refractivity contribution >= 4 is 17.7 Å². The zero-order valence-corrected chi connectivity index (χ0v) is 17.3. The second kappa shape index (κ2) is 8.83. The van der Waals surface area contributed by atoms with Crippen molar-refractivity contribution in [2.45, 2.75) is 47.6 Å². The molecule has 0 unspecified atom stereocenters. The quantitative estimate of drug-likeness (QED) is 0.611. The minimum atomic E-state index is -0.924. The first-order chi connectivity index (χ1) is 13.1. The fourth-order valence-corrected chi connectivity index (χ4v) is 2.87. The fraction of sp³-hybridized carbons (Fsp3) is 0.348. The first-order valence-electron chi connectivity index (χ1n) is 9.27. The molecular formula is C23H27NO4. The van der Waals surface area contributed by atoms with Crippen molar-refractivity contribution in [1.29, 1.82) is 0 Å². The molecule has 0 saturated heterocycles. The van der Waals surface area contributed by atoms with E-state index in [0.29, 0.717) is 11.1 Å². The maximum absolute atomic E-state index is 12.6. The molecule has 148 valence electrons. The van der Waals surface area contributed by atoms with Crippen LogP contribution in [0.2, 0.25) is 0 Å². The van der Waals surface area contributed by atoms with Gasteiger partial charge in [0, 0.05) is 11.1 Å². The average molecular weight is 381 g/mol. The Balaban J connectivity index is 1.95. The molecule has 2 rings (SSSR count). The number of hydrogen-bond acceptors (Lipinski definition) is 4. The lowest BCUT2D eigenvalue weighted by molar-refractivity contribution is -0.145. The Bertz CT molecular complexity index is 930. The van der Waals surface area contributed by atoms with Crippen molar-refractivity contribution in [1.82, 2.24) is 5.32 Å². The molecule has 2 aromatic carbocycles. The van der Waals surface area contributed by atoms with E-state index in [2.05, 4.69) is 5.32 Å². The van der Waals surface area contributed by atoms with E-state index in [-0.39, 0.29) is 18.2 Å². The molecule has 0 aliphatic heterocycles. The average Bonchev–Trinajstić information content (AvgIpc) is 2.64. The van der Waals surface area contributed by atoms with Gasteiger partial charge in [0.1, 0.15) is 6.54 Å². The number of carbonyl (C=O) groups excluding carboxylic acids is 3. The maximum atomic E-state index is 12.6. The predicted octanol–water partition coefficient (Wildman–Crippen LogP) is 3.77. The number of aryl methyl sites for hydroxylation is 5. The van der Waals surface area contributed by atoms with Crippen LogP contribution in [0.4, 0.5) is 0 Å². The Labute approximate surface area is 166 Å². The summed E-state index contributed by atoms with van der Waals surface area (Å²) in [6.07, 6.45) is -0.924. The van der Waals surface area contributed by atoms with Crippen LogP contribution >= 0.6 is 0 Å². The van der Waals surface area contributed by atoms with Crippen LogP contribution in [0.3, 0.4) is 0 Å². The zero-order valence-electron chi connectivity index (χ0n) is 17.3. The van der Waals surface area contributed by atoms with Gasteiger partial charge in [-0.3, -0.25) is 14.4 Å². The number of rotatable bonds is 6. The van der Waals surface area contributed by atoms with Crippen LogP contribution in [-0.2, 0) is 9.53 Å². The van der Waals surface area contributed by atoms with Gasteiger partial charge in [0.15, 0.2) is 6.10 Å². The van der Waals surface area contributed by atoms with Crippen molar-refractivity contribution < 1.29 is 19.1 Å². The summed E-state index contributed by atoms with van der Waals surface area (Å²) >= 11 is 0. The van der Waals surface area contributed by atoms with Crippen LogP contribution in [0.15, 0.2) is 30.3 Å². The Morgan fingerprint density at radius 1 is 0.857 bits per heavy atom. The summed E-state index contributed by atoms with van der Waals surface area (Å²) in [6, 6.07) is 9.09. The number of esters is 1. The lowest BCUT2D eigenvalue weighted by Crippen LogP contribution is -2.34. The lowest BCUT2D eigenvalue weighted by Gasteiger charge is -2.15. The number of amides is 1. The van der Waals surface area contributed by atoms with E-state index in [9.17, 15) is 14.4 Å². The Hall–Kier alpha value is -2.95. The number of ether oxygens (including phenoxy) is 1. The zero-order chi connectivity index (χ0) is 21.0. The van der Waals surface area contributed by atoms with Gasteiger partial charge in [-0.05, 0) is 87.6 Å². The summed E-state index contributed by atoms with van der Waals surface area (Å²) in [5, 5.41) is 2.53.